The summed E-state index contributed by atoms with van der Waals surface area (Å²) in [4.78, 5) is 10.6. The number of aliphatic hydroxyl groups excluding tert-OH is 1. The van der Waals surface area contributed by atoms with E-state index in [2.05, 4.69) is 0 Å². The van der Waals surface area contributed by atoms with Crippen molar-refractivity contribution in [2.24, 2.45) is 5.92 Å². The molecule has 88 valence electrons. The van der Waals surface area contributed by atoms with Gasteiger partial charge in [0.1, 0.15) is 0 Å². The Morgan fingerprint density at radius 2 is 1.80 bits per heavy atom. The lowest BCUT2D eigenvalue weighted by molar-refractivity contribution is -0.174. The van der Waals surface area contributed by atoms with Gasteiger partial charge in [0.2, 0.25) is 0 Å². The first-order chi connectivity index (χ1) is 6.93. The van der Waals surface area contributed by atoms with Crippen LogP contribution in [0, 0.1) is 5.92 Å². The Hall–Kier alpha value is -0.780. The molecule has 0 radical (unpaired) electrons. The van der Waals surface area contributed by atoms with Crippen molar-refractivity contribution in [2.75, 3.05) is 6.61 Å². The molecule has 0 aromatic rings. The molecule has 0 aliphatic heterocycles. The molecule has 1 rings (SSSR count). The van der Waals surface area contributed by atoms with Gasteiger partial charge in [-0.3, -0.25) is 4.79 Å². The summed E-state index contributed by atoms with van der Waals surface area (Å²) >= 11 is 0. The van der Waals surface area contributed by atoms with Gasteiger partial charge in [-0.15, -0.1) is 0 Å². The first-order valence-electron chi connectivity index (χ1n) is 4.92. The summed E-state index contributed by atoms with van der Waals surface area (Å²) in [5.74, 6) is -1.70. The lowest BCUT2D eigenvalue weighted by atomic mass is 9.86. The van der Waals surface area contributed by atoms with Crippen molar-refractivity contribution in [3.8, 4) is 0 Å². The summed E-state index contributed by atoms with van der Waals surface area (Å²) in [5.41, 5.74) is 0. The maximum absolute atomic E-state index is 11.9. The molecule has 1 fully saturated rings. The zero-order valence-corrected chi connectivity index (χ0v) is 8.18. The molecule has 15 heavy (non-hydrogen) atoms. The molecule has 0 heterocycles. The van der Waals surface area contributed by atoms with Gasteiger partial charge in [0.05, 0.1) is 0 Å². The van der Waals surface area contributed by atoms with Crippen LogP contribution in [0.25, 0.3) is 0 Å². The van der Waals surface area contributed by atoms with E-state index >= 15 is 0 Å². The minimum Gasteiger partial charge on any atom is -0.396 e. The molecule has 2 N–H and O–H groups in total. The second kappa shape index (κ2) is 4.83. The van der Waals surface area contributed by atoms with Crippen LogP contribution in [-0.4, -0.2) is 29.8 Å². The summed E-state index contributed by atoms with van der Waals surface area (Å²) in [7, 11) is 0. The summed E-state index contributed by atoms with van der Waals surface area (Å²) in [6, 6.07) is -0.401. The normalized spacial score (nSPS) is 27.5. The number of carbonyl (C=O) groups excluding carboxylic acids is 1. The average molecular weight is 225 g/mol. The molecule has 3 nitrogen and oxygen atoms in total. The fraction of sp³-hybridized carbons (Fsp3) is 0.889. The molecule has 1 amide bonds. The minimum absolute atomic E-state index is 0.0694. The first-order valence-corrected chi connectivity index (χ1v) is 4.92. The van der Waals surface area contributed by atoms with E-state index in [1.807, 2.05) is 5.32 Å². The van der Waals surface area contributed by atoms with Crippen molar-refractivity contribution in [2.45, 2.75) is 37.9 Å². The van der Waals surface area contributed by atoms with Gasteiger partial charge in [-0.1, -0.05) is 0 Å². The van der Waals surface area contributed by atoms with Gasteiger partial charge in [0, 0.05) is 12.6 Å². The Morgan fingerprint density at radius 3 is 2.20 bits per heavy atom. The zero-order valence-electron chi connectivity index (χ0n) is 8.18. The van der Waals surface area contributed by atoms with Crippen LogP contribution in [0.1, 0.15) is 25.7 Å². The first kappa shape index (κ1) is 12.3. The Morgan fingerprint density at radius 1 is 1.27 bits per heavy atom. The average Bonchev–Trinajstić information content (AvgIpc) is 2.17. The molecule has 0 unspecified atom stereocenters. The summed E-state index contributed by atoms with van der Waals surface area (Å²) in [6.07, 6.45) is -2.45. The number of carbonyl (C=O) groups is 1. The molecule has 0 aromatic carbocycles. The van der Waals surface area contributed by atoms with Crippen molar-refractivity contribution in [1.82, 2.24) is 5.32 Å². The minimum atomic E-state index is -4.80. The Balaban J connectivity index is 2.33. The van der Waals surface area contributed by atoms with E-state index in [-0.39, 0.29) is 12.5 Å². The molecule has 0 atom stereocenters. The standard InChI is InChI=1S/C9H14F3NO2/c10-9(11,12)8(15)13-7-3-1-6(5-14)2-4-7/h6-7,14H,1-5H2,(H,13,15). The van der Waals surface area contributed by atoms with Crippen LogP contribution in [0.3, 0.4) is 0 Å². The summed E-state index contributed by atoms with van der Waals surface area (Å²) in [6.45, 7) is 0.0694. The summed E-state index contributed by atoms with van der Waals surface area (Å²) in [5, 5.41) is 10.8. The fourth-order valence-corrected chi connectivity index (χ4v) is 1.76. The third-order valence-corrected chi connectivity index (χ3v) is 2.70. The number of amides is 1. The predicted molar refractivity (Wildman–Crippen MR) is 47.0 cm³/mol. The molecule has 0 bridgehead atoms. The third kappa shape index (κ3) is 3.70. The monoisotopic (exact) mass is 225 g/mol. The van der Waals surface area contributed by atoms with Crippen LogP contribution in [0.15, 0.2) is 0 Å². The predicted octanol–water partition coefficient (Wildman–Crippen LogP) is 1.22. The highest BCUT2D eigenvalue weighted by molar-refractivity contribution is 5.81. The zero-order chi connectivity index (χ0) is 11.5. The van der Waals surface area contributed by atoms with E-state index in [9.17, 15) is 18.0 Å². The van der Waals surface area contributed by atoms with Gasteiger partial charge < -0.3 is 10.4 Å². The van der Waals surface area contributed by atoms with Gasteiger partial charge in [0.25, 0.3) is 0 Å². The maximum Gasteiger partial charge on any atom is 0.471 e. The smallest absolute Gasteiger partial charge is 0.396 e. The second-order valence-corrected chi connectivity index (χ2v) is 3.87. The number of hydrogen-bond donors (Lipinski definition) is 2. The number of alkyl halides is 3. The highest BCUT2D eigenvalue weighted by Gasteiger charge is 2.40. The molecule has 0 aromatic heterocycles. The lowest BCUT2D eigenvalue weighted by Crippen LogP contribution is -2.44. The second-order valence-electron chi connectivity index (χ2n) is 3.87. The van der Waals surface area contributed by atoms with Gasteiger partial charge in [0.15, 0.2) is 0 Å². The number of halogens is 3. The topological polar surface area (TPSA) is 49.3 Å². The molecule has 0 spiro atoms. The fourth-order valence-electron chi connectivity index (χ4n) is 1.76. The van der Waals surface area contributed by atoms with Crippen LogP contribution in [0.4, 0.5) is 13.2 Å². The number of rotatable bonds is 2. The van der Waals surface area contributed by atoms with E-state index in [1.54, 1.807) is 0 Å². The van der Waals surface area contributed by atoms with Crippen molar-refractivity contribution >= 4 is 5.91 Å². The van der Waals surface area contributed by atoms with Crippen molar-refractivity contribution in [3.63, 3.8) is 0 Å². The van der Waals surface area contributed by atoms with Gasteiger partial charge in [-0.25, -0.2) is 0 Å². The summed E-state index contributed by atoms with van der Waals surface area (Å²) < 4.78 is 35.7. The lowest BCUT2D eigenvalue weighted by Gasteiger charge is -2.28. The largest absolute Gasteiger partial charge is 0.471 e. The number of aliphatic hydroxyl groups is 1. The number of nitrogens with one attached hydrogen (secondary N) is 1. The molecular formula is C9H14F3NO2. The van der Waals surface area contributed by atoms with Crippen LogP contribution >= 0.6 is 0 Å². The van der Waals surface area contributed by atoms with E-state index in [1.165, 1.54) is 0 Å². The van der Waals surface area contributed by atoms with Gasteiger partial charge >= 0.3 is 12.1 Å². The highest BCUT2D eigenvalue weighted by atomic mass is 19.4. The highest BCUT2D eigenvalue weighted by Crippen LogP contribution is 2.24. The Labute approximate surface area is 85.7 Å². The molecule has 0 saturated heterocycles. The molecule has 1 saturated carbocycles. The van der Waals surface area contributed by atoms with Crippen LogP contribution in [0.2, 0.25) is 0 Å². The van der Waals surface area contributed by atoms with E-state index in [0.29, 0.717) is 25.7 Å². The quantitative estimate of drug-likeness (QED) is 0.742. The van der Waals surface area contributed by atoms with Crippen LogP contribution < -0.4 is 5.32 Å². The molecule has 1 aliphatic carbocycles. The van der Waals surface area contributed by atoms with Gasteiger partial charge in [-0.05, 0) is 31.6 Å². The Kier molecular flexibility index (Phi) is 3.96. The van der Waals surface area contributed by atoms with Gasteiger partial charge in [-0.2, -0.15) is 13.2 Å². The van der Waals surface area contributed by atoms with Crippen molar-refractivity contribution < 1.29 is 23.1 Å². The van der Waals surface area contributed by atoms with E-state index in [4.69, 9.17) is 5.11 Å². The van der Waals surface area contributed by atoms with Crippen LogP contribution in [-0.2, 0) is 4.79 Å². The molecular weight excluding hydrogens is 211 g/mol. The van der Waals surface area contributed by atoms with E-state index < -0.39 is 18.1 Å². The molecule has 6 heteroatoms. The molecule has 1 aliphatic rings. The van der Waals surface area contributed by atoms with Crippen LogP contribution in [0.5, 0.6) is 0 Å². The SMILES string of the molecule is O=C(NC1CCC(CO)CC1)C(F)(F)F. The number of hydrogen-bond acceptors (Lipinski definition) is 2. The van der Waals surface area contributed by atoms with Crippen molar-refractivity contribution in [3.05, 3.63) is 0 Å². The van der Waals surface area contributed by atoms with E-state index in [0.717, 1.165) is 0 Å². The Bertz CT molecular complexity index is 222. The van der Waals surface area contributed by atoms with Crippen molar-refractivity contribution in [1.29, 1.82) is 0 Å². The maximum atomic E-state index is 11.9. The third-order valence-electron chi connectivity index (χ3n) is 2.70.